The molecule has 0 bridgehead atoms. The van der Waals surface area contributed by atoms with Gasteiger partial charge >= 0.3 is 5.97 Å². The van der Waals surface area contributed by atoms with Crippen molar-refractivity contribution in [3.05, 3.63) is 94.5 Å². The number of carbonyl (C=O) groups is 2. The predicted molar refractivity (Wildman–Crippen MR) is 122 cm³/mol. The van der Waals surface area contributed by atoms with Gasteiger partial charge in [-0.2, -0.15) is 0 Å². The average molecular weight is 433 g/mol. The van der Waals surface area contributed by atoms with E-state index in [1.807, 2.05) is 48.5 Å². The zero-order valence-corrected chi connectivity index (χ0v) is 17.3. The third kappa shape index (κ3) is 4.32. The van der Waals surface area contributed by atoms with Crippen LogP contribution < -0.4 is 0 Å². The second kappa shape index (κ2) is 8.61. The maximum Gasteiger partial charge on any atom is 0.335 e. The lowest BCUT2D eigenvalue weighted by atomic mass is 10.1. The van der Waals surface area contributed by atoms with Gasteiger partial charge in [0.2, 0.25) is 0 Å². The van der Waals surface area contributed by atoms with Crippen molar-refractivity contribution in [2.24, 2.45) is 0 Å². The largest absolute Gasteiger partial charge is 0.478 e. The summed E-state index contributed by atoms with van der Waals surface area (Å²) in [5.74, 6) is -1.10. The standard InChI is InChI=1S/C23H16N2O3S2/c26-21-20(30-23(29)25(21)14-15-5-2-1-3-6-15)13-18-7-4-8-19(24-18)16-9-11-17(12-10-16)22(27)28/h1-13H,14H2,(H,27,28)/b20-13-. The van der Waals surface area contributed by atoms with Gasteiger partial charge in [-0.25, -0.2) is 9.78 Å². The van der Waals surface area contributed by atoms with Crippen LogP contribution in [0.1, 0.15) is 21.6 Å². The van der Waals surface area contributed by atoms with E-state index in [4.69, 9.17) is 17.3 Å². The first kappa shape index (κ1) is 20.0. The lowest BCUT2D eigenvalue weighted by Gasteiger charge is -2.14. The number of hydrogen-bond donors (Lipinski definition) is 1. The average Bonchev–Trinajstić information content (AvgIpc) is 3.02. The fourth-order valence-electron chi connectivity index (χ4n) is 3.01. The topological polar surface area (TPSA) is 70.5 Å². The van der Waals surface area contributed by atoms with E-state index in [2.05, 4.69) is 4.98 Å². The van der Waals surface area contributed by atoms with Crippen molar-refractivity contribution in [1.29, 1.82) is 0 Å². The SMILES string of the molecule is O=C(O)c1ccc(-c2cccc(/C=C3\SC(=S)N(Cc4ccccc4)C3=O)n2)cc1. The molecule has 0 aliphatic carbocycles. The van der Waals surface area contributed by atoms with E-state index in [1.165, 1.54) is 11.8 Å². The molecule has 5 nitrogen and oxygen atoms in total. The smallest absolute Gasteiger partial charge is 0.335 e. The number of hydrogen-bond acceptors (Lipinski definition) is 5. The van der Waals surface area contributed by atoms with E-state index in [9.17, 15) is 9.59 Å². The summed E-state index contributed by atoms with van der Waals surface area (Å²) in [5.41, 5.74) is 3.36. The monoisotopic (exact) mass is 432 g/mol. The van der Waals surface area contributed by atoms with Crippen LogP contribution in [0.2, 0.25) is 0 Å². The fourth-order valence-corrected chi connectivity index (χ4v) is 4.25. The van der Waals surface area contributed by atoms with Crippen LogP contribution in [0.25, 0.3) is 17.3 Å². The summed E-state index contributed by atoms with van der Waals surface area (Å²) < 4.78 is 0.524. The molecule has 30 heavy (non-hydrogen) atoms. The second-order valence-corrected chi connectivity index (χ2v) is 8.26. The Kier molecular flexibility index (Phi) is 5.74. The van der Waals surface area contributed by atoms with Gasteiger partial charge in [-0.3, -0.25) is 9.69 Å². The molecular formula is C23H16N2O3S2. The molecule has 1 saturated heterocycles. The molecule has 0 radical (unpaired) electrons. The molecule has 3 aromatic rings. The quantitative estimate of drug-likeness (QED) is 0.459. The maximum absolute atomic E-state index is 12.8. The normalized spacial score (nSPS) is 15.1. The minimum Gasteiger partial charge on any atom is -0.478 e. The number of thiocarbonyl (C=S) groups is 1. The minimum atomic E-state index is -0.971. The number of aromatic nitrogens is 1. The highest BCUT2D eigenvalue weighted by molar-refractivity contribution is 8.26. The van der Waals surface area contributed by atoms with Crippen molar-refractivity contribution < 1.29 is 14.7 Å². The van der Waals surface area contributed by atoms with Crippen molar-refractivity contribution in [2.45, 2.75) is 6.54 Å². The van der Waals surface area contributed by atoms with Gasteiger partial charge in [0.05, 0.1) is 28.4 Å². The number of benzene rings is 2. The zero-order chi connectivity index (χ0) is 21.1. The molecule has 7 heteroatoms. The molecule has 1 amide bonds. The van der Waals surface area contributed by atoms with Crippen molar-refractivity contribution in [3.63, 3.8) is 0 Å². The van der Waals surface area contributed by atoms with Crippen LogP contribution >= 0.6 is 24.0 Å². The number of aromatic carboxylic acids is 1. The molecule has 1 aliphatic heterocycles. The van der Waals surface area contributed by atoms with Crippen molar-refractivity contribution >= 4 is 46.3 Å². The molecule has 2 aromatic carbocycles. The summed E-state index contributed by atoms with van der Waals surface area (Å²) in [6, 6.07) is 21.7. The zero-order valence-electron chi connectivity index (χ0n) is 15.7. The van der Waals surface area contributed by atoms with Crippen LogP contribution in [0.4, 0.5) is 0 Å². The van der Waals surface area contributed by atoms with Crippen LogP contribution in [0.5, 0.6) is 0 Å². The van der Waals surface area contributed by atoms with Crippen LogP contribution in [0.15, 0.2) is 77.7 Å². The third-order valence-electron chi connectivity index (χ3n) is 4.53. The Bertz CT molecular complexity index is 1160. The van der Waals surface area contributed by atoms with E-state index in [-0.39, 0.29) is 11.5 Å². The number of carbonyl (C=O) groups excluding carboxylic acids is 1. The van der Waals surface area contributed by atoms with E-state index in [0.29, 0.717) is 27.2 Å². The number of thioether (sulfide) groups is 1. The molecule has 0 atom stereocenters. The molecule has 1 aromatic heterocycles. The highest BCUT2D eigenvalue weighted by Gasteiger charge is 2.32. The molecule has 1 N–H and O–H groups in total. The Balaban J connectivity index is 1.56. The van der Waals surface area contributed by atoms with E-state index < -0.39 is 5.97 Å². The van der Waals surface area contributed by atoms with Gasteiger partial charge in [0.15, 0.2) is 0 Å². The van der Waals surface area contributed by atoms with E-state index >= 15 is 0 Å². The Morgan fingerprint density at radius 3 is 2.47 bits per heavy atom. The van der Waals surface area contributed by atoms with Crippen LogP contribution in [-0.4, -0.2) is 31.2 Å². The number of nitrogens with zero attached hydrogens (tertiary/aromatic N) is 2. The summed E-state index contributed by atoms with van der Waals surface area (Å²) in [6.45, 7) is 0.437. The molecule has 2 heterocycles. The van der Waals surface area contributed by atoms with Gasteiger partial charge in [0.25, 0.3) is 5.91 Å². The molecule has 1 fully saturated rings. The number of amides is 1. The van der Waals surface area contributed by atoms with Gasteiger partial charge in [0, 0.05) is 5.56 Å². The summed E-state index contributed by atoms with van der Waals surface area (Å²) in [5, 5.41) is 9.04. The van der Waals surface area contributed by atoms with Crippen molar-refractivity contribution in [1.82, 2.24) is 9.88 Å². The van der Waals surface area contributed by atoms with E-state index in [1.54, 1.807) is 35.2 Å². The summed E-state index contributed by atoms with van der Waals surface area (Å²) in [7, 11) is 0. The molecule has 0 saturated carbocycles. The summed E-state index contributed by atoms with van der Waals surface area (Å²) >= 11 is 6.67. The first-order chi connectivity index (χ1) is 14.5. The minimum absolute atomic E-state index is 0.133. The van der Waals surface area contributed by atoms with Gasteiger partial charge in [-0.1, -0.05) is 72.5 Å². The highest BCUT2D eigenvalue weighted by Crippen LogP contribution is 2.33. The van der Waals surface area contributed by atoms with E-state index in [0.717, 1.165) is 11.1 Å². The fraction of sp³-hybridized carbons (Fsp3) is 0.0435. The second-order valence-electron chi connectivity index (χ2n) is 6.58. The Hall–Kier alpha value is -3.29. The van der Waals surface area contributed by atoms with Gasteiger partial charge in [-0.15, -0.1) is 0 Å². The third-order valence-corrected chi connectivity index (χ3v) is 5.91. The number of carboxylic acids is 1. The molecule has 0 unspecified atom stereocenters. The van der Waals surface area contributed by atoms with Crippen LogP contribution in [0.3, 0.4) is 0 Å². The van der Waals surface area contributed by atoms with Gasteiger partial charge in [0.1, 0.15) is 4.32 Å². The lowest BCUT2D eigenvalue weighted by Crippen LogP contribution is -2.27. The maximum atomic E-state index is 12.8. The van der Waals surface area contributed by atoms with Crippen LogP contribution in [-0.2, 0) is 11.3 Å². The molecule has 0 spiro atoms. The number of rotatable bonds is 5. The predicted octanol–water partition coefficient (Wildman–Crippen LogP) is 4.85. The van der Waals surface area contributed by atoms with Crippen LogP contribution in [0, 0.1) is 0 Å². The molecule has 4 rings (SSSR count). The number of pyridine rings is 1. The van der Waals surface area contributed by atoms with Gasteiger partial charge in [-0.05, 0) is 35.9 Å². The van der Waals surface area contributed by atoms with Gasteiger partial charge < -0.3 is 5.11 Å². The highest BCUT2D eigenvalue weighted by atomic mass is 32.2. The summed E-state index contributed by atoms with van der Waals surface area (Å²) in [6.07, 6.45) is 1.74. The van der Waals surface area contributed by atoms with Crippen molar-refractivity contribution in [3.8, 4) is 11.3 Å². The Morgan fingerprint density at radius 1 is 1.03 bits per heavy atom. The number of carboxylic acid groups (broad SMARTS) is 1. The van der Waals surface area contributed by atoms with Crippen molar-refractivity contribution in [2.75, 3.05) is 0 Å². The molecular weight excluding hydrogens is 416 g/mol. The first-order valence-electron chi connectivity index (χ1n) is 9.11. The Morgan fingerprint density at radius 2 is 1.77 bits per heavy atom. The lowest BCUT2D eigenvalue weighted by molar-refractivity contribution is -0.122. The molecule has 1 aliphatic rings. The molecule has 148 valence electrons. The summed E-state index contributed by atoms with van der Waals surface area (Å²) in [4.78, 5) is 30.6. The Labute approximate surface area is 183 Å². The first-order valence-corrected chi connectivity index (χ1v) is 10.3.